The number of methoxy groups -OCH3 is 2. The van der Waals surface area contributed by atoms with Crippen LogP contribution >= 0.6 is 0 Å². The molecule has 2 N–H and O–H groups in total. The third-order valence-electron chi connectivity index (χ3n) is 4.75. The summed E-state index contributed by atoms with van der Waals surface area (Å²) in [5.74, 6) is 0.869. The number of carbonyl (C=O) groups excluding carboxylic acids is 1. The van der Waals surface area contributed by atoms with Crippen LogP contribution in [0.3, 0.4) is 0 Å². The Kier molecular flexibility index (Phi) is 6.44. The van der Waals surface area contributed by atoms with Crippen molar-refractivity contribution in [2.24, 2.45) is 0 Å². The standard InChI is InChI=1S/C23H21FN6O3/c1-32-17-9-10-18(21(12-17)33-2)26-22-19(4-3-11-25-22)27-23(31)20-14-30(29-28-20)13-15-5-7-16(24)8-6-15/h3-12,14H,13H2,1-2H3,(H,25,26)(H,27,31). The number of hydrogen-bond acceptors (Lipinski definition) is 7. The van der Waals surface area contributed by atoms with Gasteiger partial charge in [-0.1, -0.05) is 17.3 Å². The number of hydrogen-bond donors (Lipinski definition) is 2. The molecule has 2 heterocycles. The second kappa shape index (κ2) is 9.77. The summed E-state index contributed by atoms with van der Waals surface area (Å²) in [7, 11) is 3.13. The quantitative estimate of drug-likeness (QED) is 0.422. The number of halogens is 1. The van der Waals surface area contributed by atoms with Crippen molar-refractivity contribution in [3.05, 3.63) is 84.1 Å². The number of nitrogens with one attached hydrogen (secondary N) is 2. The Morgan fingerprint density at radius 1 is 1.06 bits per heavy atom. The van der Waals surface area contributed by atoms with Crippen LogP contribution in [0.15, 0.2) is 67.0 Å². The summed E-state index contributed by atoms with van der Waals surface area (Å²) >= 11 is 0. The molecule has 0 saturated carbocycles. The van der Waals surface area contributed by atoms with Gasteiger partial charge in [-0.15, -0.1) is 5.10 Å². The highest BCUT2D eigenvalue weighted by molar-refractivity contribution is 6.04. The van der Waals surface area contributed by atoms with Crippen molar-refractivity contribution in [2.75, 3.05) is 24.9 Å². The van der Waals surface area contributed by atoms with Crippen molar-refractivity contribution in [3.8, 4) is 11.5 Å². The topological polar surface area (TPSA) is 103 Å². The van der Waals surface area contributed by atoms with Crippen LogP contribution in [-0.4, -0.2) is 40.1 Å². The van der Waals surface area contributed by atoms with Gasteiger partial charge in [-0.25, -0.2) is 14.1 Å². The molecule has 9 nitrogen and oxygen atoms in total. The van der Waals surface area contributed by atoms with Crippen molar-refractivity contribution in [3.63, 3.8) is 0 Å². The number of benzene rings is 2. The van der Waals surface area contributed by atoms with E-state index in [0.717, 1.165) is 5.56 Å². The summed E-state index contributed by atoms with van der Waals surface area (Å²) in [5.41, 5.74) is 2.07. The number of aromatic nitrogens is 4. The predicted molar refractivity (Wildman–Crippen MR) is 121 cm³/mol. The van der Waals surface area contributed by atoms with Crippen molar-refractivity contribution in [1.82, 2.24) is 20.0 Å². The van der Waals surface area contributed by atoms with Crippen molar-refractivity contribution < 1.29 is 18.7 Å². The molecule has 4 rings (SSSR count). The third kappa shape index (κ3) is 5.24. The van der Waals surface area contributed by atoms with Gasteiger partial charge < -0.3 is 20.1 Å². The van der Waals surface area contributed by atoms with E-state index in [1.54, 1.807) is 62.9 Å². The molecule has 168 valence electrons. The van der Waals surface area contributed by atoms with E-state index in [1.165, 1.54) is 23.0 Å². The first-order valence-electron chi connectivity index (χ1n) is 9.95. The van der Waals surface area contributed by atoms with E-state index in [4.69, 9.17) is 9.47 Å². The number of pyridine rings is 1. The average Bonchev–Trinajstić information content (AvgIpc) is 3.30. The summed E-state index contributed by atoms with van der Waals surface area (Å²) < 4.78 is 25.2. The molecule has 0 atom stereocenters. The summed E-state index contributed by atoms with van der Waals surface area (Å²) in [6.45, 7) is 0.359. The Morgan fingerprint density at radius 2 is 1.88 bits per heavy atom. The largest absolute Gasteiger partial charge is 0.497 e. The molecule has 0 aliphatic heterocycles. The molecule has 0 aliphatic rings. The van der Waals surface area contributed by atoms with Gasteiger partial charge >= 0.3 is 0 Å². The first kappa shape index (κ1) is 21.8. The second-order valence-electron chi connectivity index (χ2n) is 6.97. The number of rotatable bonds is 8. The summed E-state index contributed by atoms with van der Waals surface area (Å²) in [5, 5.41) is 13.9. The van der Waals surface area contributed by atoms with Gasteiger partial charge in [-0.2, -0.15) is 0 Å². The van der Waals surface area contributed by atoms with E-state index in [9.17, 15) is 9.18 Å². The molecular weight excluding hydrogens is 427 g/mol. The van der Waals surface area contributed by atoms with E-state index in [-0.39, 0.29) is 11.5 Å². The minimum Gasteiger partial charge on any atom is -0.497 e. The Hall–Kier alpha value is -4.47. The van der Waals surface area contributed by atoms with Crippen molar-refractivity contribution in [2.45, 2.75) is 6.54 Å². The van der Waals surface area contributed by atoms with Crippen LogP contribution in [0.4, 0.5) is 21.6 Å². The fraction of sp³-hybridized carbons (Fsp3) is 0.130. The molecule has 0 unspecified atom stereocenters. The maximum absolute atomic E-state index is 13.1. The minimum atomic E-state index is -0.446. The molecule has 2 aromatic heterocycles. The zero-order valence-electron chi connectivity index (χ0n) is 17.9. The van der Waals surface area contributed by atoms with Gasteiger partial charge in [-0.05, 0) is 42.0 Å². The SMILES string of the molecule is COc1ccc(Nc2ncccc2NC(=O)c2cn(Cc3ccc(F)cc3)nn2)c(OC)c1. The van der Waals surface area contributed by atoms with Crippen LogP contribution in [-0.2, 0) is 6.54 Å². The van der Waals surface area contributed by atoms with Crippen LogP contribution in [0.25, 0.3) is 0 Å². The van der Waals surface area contributed by atoms with E-state index in [1.807, 2.05) is 0 Å². The van der Waals surface area contributed by atoms with E-state index < -0.39 is 5.91 Å². The lowest BCUT2D eigenvalue weighted by Gasteiger charge is -2.14. The van der Waals surface area contributed by atoms with Gasteiger partial charge in [0, 0.05) is 12.3 Å². The number of anilines is 3. The monoisotopic (exact) mass is 448 g/mol. The van der Waals surface area contributed by atoms with Gasteiger partial charge in [0.05, 0.1) is 38.3 Å². The summed E-state index contributed by atoms with van der Waals surface area (Å²) in [4.78, 5) is 17.1. The fourth-order valence-corrected chi connectivity index (χ4v) is 3.08. The third-order valence-corrected chi connectivity index (χ3v) is 4.75. The zero-order valence-corrected chi connectivity index (χ0v) is 17.9. The molecule has 1 amide bonds. The van der Waals surface area contributed by atoms with E-state index in [0.29, 0.717) is 35.2 Å². The van der Waals surface area contributed by atoms with Gasteiger partial charge in [0.1, 0.15) is 17.3 Å². The first-order chi connectivity index (χ1) is 16.1. The first-order valence-corrected chi connectivity index (χ1v) is 9.95. The minimum absolute atomic E-state index is 0.133. The highest BCUT2D eigenvalue weighted by Crippen LogP contribution is 2.33. The molecule has 0 aliphatic carbocycles. The fourth-order valence-electron chi connectivity index (χ4n) is 3.08. The molecule has 0 bridgehead atoms. The highest BCUT2D eigenvalue weighted by atomic mass is 19.1. The number of nitrogens with zero attached hydrogens (tertiary/aromatic N) is 4. The Morgan fingerprint density at radius 3 is 2.64 bits per heavy atom. The van der Waals surface area contributed by atoms with E-state index >= 15 is 0 Å². The molecule has 0 saturated heterocycles. The molecular formula is C23H21FN6O3. The highest BCUT2D eigenvalue weighted by Gasteiger charge is 2.15. The molecule has 0 radical (unpaired) electrons. The maximum Gasteiger partial charge on any atom is 0.277 e. The van der Waals surface area contributed by atoms with Gasteiger partial charge in [-0.3, -0.25) is 4.79 Å². The van der Waals surface area contributed by atoms with Crippen molar-refractivity contribution >= 4 is 23.1 Å². The molecule has 33 heavy (non-hydrogen) atoms. The van der Waals surface area contributed by atoms with Gasteiger partial charge in [0.2, 0.25) is 0 Å². The van der Waals surface area contributed by atoms with Crippen LogP contribution < -0.4 is 20.1 Å². The molecule has 4 aromatic rings. The Labute approximate surface area is 189 Å². The summed E-state index contributed by atoms with van der Waals surface area (Å²) in [6, 6.07) is 14.8. The zero-order chi connectivity index (χ0) is 23.2. The number of amides is 1. The number of ether oxygens (including phenoxy) is 2. The van der Waals surface area contributed by atoms with Gasteiger partial charge in [0.25, 0.3) is 5.91 Å². The van der Waals surface area contributed by atoms with Crippen molar-refractivity contribution in [1.29, 1.82) is 0 Å². The molecule has 10 heteroatoms. The van der Waals surface area contributed by atoms with Crippen LogP contribution in [0.2, 0.25) is 0 Å². The number of carbonyl (C=O) groups is 1. The summed E-state index contributed by atoms with van der Waals surface area (Å²) in [6.07, 6.45) is 3.13. The molecule has 0 fully saturated rings. The lowest BCUT2D eigenvalue weighted by molar-refractivity contribution is 0.102. The molecule has 2 aromatic carbocycles. The van der Waals surface area contributed by atoms with Crippen LogP contribution in [0.1, 0.15) is 16.1 Å². The smallest absolute Gasteiger partial charge is 0.277 e. The lowest BCUT2D eigenvalue weighted by atomic mass is 10.2. The lowest BCUT2D eigenvalue weighted by Crippen LogP contribution is -2.14. The van der Waals surface area contributed by atoms with Crippen LogP contribution in [0.5, 0.6) is 11.5 Å². The van der Waals surface area contributed by atoms with Gasteiger partial charge in [0.15, 0.2) is 11.5 Å². The second-order valence-corrected chi connectivity index (χ2v) is 6.97. The normalized spacial score (nSPS) is 10.5. The maximum atomic E-state index is 13.1. The van der Waals surface area contributed by atoms with E-state index in [2.05, 4.69) is 25.9 Å². The van der Waals surface area contributed by atoms with Crippen LogP contribution in [0, 0.1) is 5.82 Å². The Balaban J connectivity index is 1.48. The Bertz CT molecular complexity index is 1260. The molecule has 0 spiro atoms. The average molecular weight is 448 g/mol. The predicted octanol–water partition coefficient (Wildman–Crippen LogP) is 3.87.